The number of carbonyl (C=O) groups excluding carboxylic acids is 1. The summed E-state index contributed by atoms with van der Waals surface area (Å²) in [7, 11) is 0. The van der Waals surface area contributed by atoms with Gasteiger partial charge in [-0.1, -0.05) is 13.0 Å². The molecule has 0 aliphatic carbocycles. The smallest absolute Gasteiger partial charge is 0.273 e. The first-order valence-electron chi connectivity index (χ1n) is 7.59. The summed E-state index contributed by atoms with van der Waals surface area (Å²) in [5.41, 5.74) is 0.327. The van der Waals surface area contributed by atoms with E-state index in [9.17, 15) is 9.90 Å². The summed E-state index contributed by atoms with van der Waals surface area (Å²) in [6.45, 7) is 7.32. The number of amides is 1. The van der Waals surface area contributed by atoms with Gasteiger partial charge in [-0.3, -0.25) is 4.79 Å². The fourth-order valence-electron chi connectivity index (χ4n) is 2.95. The quantitative estimate of drug-likeness (QED) is 0.822. The number of hydrogen-bond donors (Lipinski definition) is 1. The number of piperidine rings is 1. The Balaban J connectivity index is 2.09. The van der Waals surface area contributed by atoms with Gasteiger partial charge in [0.05, 0.1) is 11.6 Å². The fourth-order valence-corrected chi connectivity index (χ4v) is 3.82. The predicted octanol–water partition coefficient (Wildman–Crippen LogP) is 2.89. The van der Waals surface area contributed by atoms with Crippen molar-refractivity contribution in [2.24, 2.45) is 5.41 Å². The molecule has 1 amide bonds. The number of carbonyl (C=O) groups is 1. The molecule has 5 heteroatoms. The molecule has 1 aliphatic heterocycles. The highest BCUT2D eigenvalue weighted by Crippen LogP contribution is 2.34. The minimum Gasteiger partial charge on any atom is -0.396 e. The summed E-state index contributed by atoms with van der Waals surface area (Å²) in [4.78, 5) is 18.9. The van der Waals surface area contributed by atoms with Crippen LogP contribution in [0.5, 0.6) is 0 Å². The molecule has 1 aliphatic rings. The third-order valence-electron chi connectivity index (χ3n) is 4.10. The molecular weight excluding hydrogens is 284 g/mol. The maximum absolute atomic E-state index is 12.6. The molecule has 2 rings (SSSR count). The summed E-state index contributed by atoms with van der Waals surface area (Å²) >= 11 is 1.56. The fraction of sp³-hybridized carbons (Fsp3) is 0.625. The van der Waals surface area contributed by atoms with Crippen LogP contribution in [0, 0.1) is 5.41 Å². The Labute approximate surface area is 130 Å². The second-order valence-corrected chi connectivity index (χ2v) is 6.80. The summed E-state index contributed by atoms with van der Waals surface area (Å²) in [6, 6.07) is 0. The number of aliphatic hydroxyl groups excluding tert-OH is 1. The normalized spacial score (nSPS) is 22.3. The van der Waals surface area contributed by atoms with Crippen molar-refractivity contribution in [1.82, 2.24) is 9.88 Å². The minimum absolute atomic E-state index is 0.00445. The molecule has 1 aromatic heterocycles. The Morgan fingerprint density at radius 1 is 1.67 bits per heavy atom. The number of thiazole rings is 1. The van der Waals surface area contributed by atoms with E-state index in [2.05, 4.69) is 18.5 Å². The average Bonchev–Trinajstić information content (AvgIpc) is 2.96. The zero-order chi connectivity index (χ0) is 15.3. The molecule has 1 aromatic rings. The van der Waals surface area contributed by atoms with Crippen LogP contribution in [-0.2, 0) is 6.42 Å². The van der Waals surface area contributed by atoms with E-state index in [1.54, 1.807) is 11.3 Å². The minimum atomic E-state index is -0.224. The van der Waals surface area contributed by atoms with Crippen molar-refractivity contribution in [3.63, 3.8) is 0 Å². The lowest BCUT2D eigenvalue weighted by Crippen LogP contribution is -2.47. The van der Waals surface area contributed by atoms with Crippen LogP contribution in [0.4, 0.5) is 0 Å². The Bertz CT molecular complexity index is 500. The van der Waals surface area contributed by atoms with Crippen molar-refractivity contribution < 1.29 is 9.90 Å². The first-order valence-corrected chi connectivity index (χ1v) is 8.47. The number of nitrogens with zero attached hydrogens (tertiary/aromatic N) is 2. The molecule has 21 heavy (non-hydrogen) atoms. The van der Waals surface area contributed by atoms with Crippen LogP contribution in [0.2, 0.25) is 0 Å². The van der Waals surface area contributed by atoms with E-state index in [1.165, 1.54) is 0 Å². The van der Waals surface area contributed by atoms with E-state index in [0.717, 1.165) is 43.7 Å². The number of hydrogen-bond acceptors (Lipinski definition) is 4. The number of aryl methyl sites for hydroxylation is 1. The van der Waals surface area contributed by atoms with E-state index >= 15 is 0 Å². The summed E-state index contributed by atoms with van der Waals surface area (Å²) < 4.78 is 0. The van der Waals surface area contributed by atoms with Crippen molar-refractivity contribution in [1.29, 1.82) is 0 Å². The highest BCUT2D eigenvalue weighted by molar-refractivity contribution is 7.09. The van der Waals surface area contributed by atoms with Gasteiger partial charge in [0.25, 0.3) is 5.91 Å². The van der Waals surface area contributed by atoms with Crippen LogP contribution in [0.15, 0.2) is 18.0 Å². The molecule has 0 bridgehead atoms. The number of aliphatic hydroxyl groups is 1. The van der Waals surface area contributed by atoms with Gasteiger partial charge in [0, 0.05) is 23.9 Å². The monoisotopic (exact) mass is 308 g/mol. The van der Waals surface area contributed by atoms with Crippen LogP contribution < -0.4 is 0 Å². The van der Waals surface area contributed by atoms with Crippen molar-refractivity contribution >= 4 is 17.2 Å². The maximum atomic E-state index is 12.6. The van der Waals surface area contributed by atoms with Gasteiger partial charge >= 0.3 is 0 Å². The van der Waals surface area contributed by atoms with E-state index in [1.807, 2.05) is 16.4 Å². The molecule has 1 fully saturated rings. The van der Waals surface area contributed by atoms with Crippen molar-refractivity contribution in [2.45, 2.75) is 39.0 Å². The number of allylic oxidation sites excluding steroid dienone is 1. The zero-order valence-electron chi connectivity index (χ0n) is 12.7. The van der Waals surface area contributed by atoms with Crippen molar-refractivity contribution in [3.8, 4) is 0 Å². The van der Waals surface area contributed by atoms with Gasteiger partial charge in [0.2, 0.25) is 0 Å². The standard InChI is InChI=1S/C16H24N2O2S/c1-3-6-14-17-13(10-21-14)15(20)18-9-5-8-16(11-18,12-19)7-4-2/h4,10,19H,2-3,5-9,11-12H2,1H3. The van der Waals surface area contributed by atoms with Gasteiger partial charge in [-0.05, 0) is 32.1 Å². The molecule has 0 saturated carbocycles. The first-order chi connectivity index (χ1) is 10.1. The molecule has 1 N–H and O–H groups in total. The van der Waals surface area contributed by atoms with Gasteiger partial charge in [0.1, 0.15) is 5.69 Å². The third-order valence-corrected chi connectivity index (χ3v) is 5.00. The van der Waals surface area contributed by atoms with Gasteiger partial charge in [-0.15, -0.1) is 17.9 Å². The number of aromatic nitrogens is 1. The van der Waals surface area contributed by atoms with Crippen molar-refractivity contribution in [3.05, 3.63) is 28.7 Å². The molecule has 0 radical (unpaired) electrons. The zero-order valence-corrected chi connectivity index (χ0v) is 13.5. The van der Waals surface area contributed by atoms with Gasteiger partial charge in [0.15, 0.2) is 0 Å². The number of rotatable bonds is 6. The van der Waals surface area contributed by atoms with Crippen LogP contribution in [0.25, 0.3) is 0 Å². The first kappa shape index (κ1) is 16.2. The van der Waals surface area contributed by atoms with E-state index < -0.39 is 0 Å². The summed E-state index contributed by atoms with van der Waals surface area (Å²) in [5, 5.41) is 12.6. The van der Waals surface area contributed by atoms with Crippen LogP contribution in [0.3, 0.4) is 0 Å². The molecule has 1 atom stereocenters. The molecule has 4 nitrogen and oxygen atoms in total. The maximum Gasteiger partial charge on any atom is 0.273 e. The van der Waals surface area contributed by atoms with Gasteiger partial charge in [-0.25, -0.2) is 4.98 Å². The molecule has 2 heterocycles. The van der Waals surface area contributed by atoms with E-state index in [0.29, 0.717) is 12.2 Å². The Kier molecular flexibility index (Phi) is 5.53. The lowest BCUT2D eigenvalue weighted by atomic mass is 9.78. The topological polar surface area (TPSA) is 53.4 Å². The molecule has 116 valence electrons. The second kappa shape index (κ2) is 7.18. The lowest BCUT2D eigenvalue weighted by Gasteiger charge is -2.41. The van der Waals surface area contributed by atoms with Crippen LogP contribution in [-0.4, -0.2) is 40.6 Å². The molecular formula is C16H24N2O2S. The SMILES string of the molecule is C=CCC1(CO)CCCN(C(=O)c2csc(CCC)n2)C1. The van der Waals surface area contributed by atoms with Crippen molar-refractivity contribution in [2.75, 3.05) is 19.7 Å². The van der Waals surface area contributed by atoms with Crippen LogP contribution >= 0.6 is 11.3 Å². The molecule has 0 spiro atoms. The largest absolute Gasteiger partial charge is 0.396 e. The Hall–Kier alpha value is -1.20. The second-order valence-electron chi connectivity index (χ2n) is 5.86. The summed E-state index contributed by atoms with van der Waals surface area (Å²) in [5.74, 6) is -0.00445. The third kappa shape index (κ3) is 3.71. The molecule has 1 saturated heterocycles. The van der Waals surface area contributed by atoms with Gasteiger partial charge in [-0.2, -0.15) is 0 Å². The van der Waals surface area contributed by atoms with E-state index in [4.69, 9.17) is 0 Å². The summed E-state index contributed by atoms with van der Waals surface area (Å²) in [6.07, 6.45) is 6.41. The van der Waals surface area contributed by atoms with Gasteiger partial charge < -0.3 is 10.0 Å². The highest BCUT2D eigenvalue weighted by Gasteiger charge is 2.36. The molecule has 1 unspecified atom stereocenters. The Morgan fingerprint density at radius 2 is 2.48 bits per heavy atom. The predicted molar refractivity (Wildman–Crippen MR) is 85.6 cm³/mol. The van der Waals surface area contributed by atoms with Crippen LogP contribution in [0.1, 0.15) is 48.1 Å². The molecule has 0 aromatic carbocycles. The Morgan fingerprint density at radius 3 is 3.14 bits per heavy atom. The number of likely N-dealkylation sites (tertiary alicyclic amines) is 1. The highest BCUT2D eigenvalue weighted by atomic mass is 32.1. The lowest BCUT2D eigenvalue weighted by molar-refractivity contribution is 0.0282. The average molecular weight is 308 g/mol. The van der Waals surface area contributed by atoms with E-state index in [-0.39, 0.29) is 17.9 Å².